The van der Waals surface area contributed by atoms with Gasteiger partial charge in [0.25, 0.3) is 0 Å². The first-order valence-electron chi connectivity index (χ1n) is 11.6. The number of unbranched alkanes of at least 4 members (excludes halogenated alkanes) is 1. The molecule has 2 aliphatic rings. The first-order valence-corrected chi connectivity index (χ1v) is 11.6. The first kappa shape index (κ1) is 31.4. The van der Waals surface area contributed by atoms with Gasteiger partial charge in [0, 0.05) is 17.1 Å². The second-order valence-electron chi connectivity index (χ2n) is 9.32. The molecular formula is C26H42O8. The molecule has 0 aromatic carbocycles. The van der Waals surface area contributed by atoms with Crippen molar-refractivity contribution < 1.29 is 38.8 Å². The lowest BCUT2D eigenvalue weighted by molar-refractivity contribution is -0.150. The van der Waals surface area contributed by atoms with Crippen molar-refractivity contribution in [3.63, 3.8) is 0 Å². The van der Waals surface area contributed by atoms with Gasteiger partial charge in [0.1, 0.15) is 12.7 Å². The largest absolute Gasteiger partial charge is 0.502 e. The molecule has 0 aliphatic heterocycles. The summed E-state index contributed by atoms with van der Waals surface area (Å²) in [6.45, 7) is 20.5. The van der Waals surface area contributed by atoms with Crippen LogP contribution in [-0.4, -0.2) is 54.0 Å². The van der Waals surface area contributed by atoms with Crippen LogP contribution in [0.2, 0.25) is 0 Å². The summed E-state index contributed by atoms with van der Waals surface area (Å²) >= 11 is 0. The van der Waals surface area contributed by atoms with Crippen LogP contribution < -0.4 is 0 Å². The van der Waals surface area contributed by atoms with Crippen LogP contribution in [0.15, 0.2) is 37.1 Å². The van der Waals surface area contributed by atoms with E-state index in [9.17, 15) is 14.4 Å². The minimum atomic E-state index is -0.728. The smallest absolute Gasteiger partial charge is 0.372 e. The summed E-state index contributed by atoms with van der Waals surface area (Å²) in [6.07, 6.45) is 6.64. The van der Waals surface area contributed by atoms with E-state index in [1.54, 1.807) is 6.92 Å². The minimum Gasteiger partial charge on any atom is -0.502 e. The number of hydrogen-bond donors (Lipinski definition) is 2. The number of hydrogen-bond acceptors (Lipinski definition) is 8. The standard InChI is InChI=1S/C13H20O2.C7H12O3.C6H10O3/c1-5-11(14)15-10-8-9-6-7-13(10,4)12(9,2)3;1-3-4-5-10-7(9)6(2)8;1-5(2)6(8)9-4-3-7/h5,9-10H,1,6-8H2,2-4H3;8H,2-5H2,1H3;7H,1,3-4H2,2H3. The zero-order valence-electron chi connectivity index (χ0n) is 21.4. The third-order valence-electron chi connectivity index (χ3n) is 6.78. The highest BCUT2D eigenvalue weighted by Crippen LogP contribution is 2.66. The highest BCUT2D eigenvalue weighted by atomic mass is 16.6. The third kappa shape index (κ3) is 8.97. The van der Waals surface area contributed by atoms with Crippen molar-refractivity contribution in [2.75, 3.05) is 19.8 Å². The van der Waals surface area contributed by atoms with Gasteiger partial charge in [-0.25, -0.2) is 14.4 Å². The van der Waals surface area contributed by atoms with Gasteiger partial charge in [0.15, 0.2) is 5.76 Å². The molecule has 8 heteroatoms. The number of aliphatic hydroxyl groups is 2. The molecule has 0 aromatic heterocycles. The second kappa shape index (κ2) is 14.6. The molecule has 8 nitrogen and oxygen atoms in total. The van der Waals surface area contributed by atoms with Gasteiger partial charge >= 0.3 is 17.9 Å². The number of aliphatic hydroxyl groups excluding tert-OH is 2. The summed E-state index contributed by atoms with van der Waals surface area (Å²) in [6, 6.07) is 0. The fourth-order valence-electron chi connectivity index (χ4n) is 4.15. The van der Waals surface area contributed by atoms with Gasteiger partial charge < -0.3 is 24.4 Å². The molecule has 2 aliphatic carbocycles. The lowest BCUT2D eigenvalue weighted by atomic mass is 9.70. The number of fused-ring (bicyclic) bond motifs is 2. The van der Waals surface area contributed by atoms with E-state index >= 15 is 0 Å². The quantitative estimate of drug-likeness (QED) is 0.163. The Kier molecular flexibility index (Phi) is 13.5. The van der Waals surface area contributed by atoms with Crippen molar-refractivity contribution in [1.82, 2.24) is 0 Å². The highest BCUT2D eigenvalue weighted by Gasteiger charge is 2.62. The lowest BCUT2D eigenvalue weighted by Crippen LogP contribution is -2.38. The predicted molar refractivity (Wildman–Crippen MR) is 130 cm³/mol. The molecule has 2 bridgehead atoms. The second-order valence-corrected chi connectivity index (χ2v) is 9.32. The Bertz CT molecular complexity index is 739. The normalized spacial score (nSPS) is 23.2. The average molecular weight is 483 g/mol. The van der Waals surface area contributed by atoms with Crippen molar-refractivity contribution in [1.29, 1.82) is 0 Å². The van der Waals surface area contributed by atoms with E-state index in [2.05, 4.69) is 50.0 Å². The van der Waals surface area contributed by atoms with Crippen LogP contribution in [0.5, 0.6) is 0 Å². The Morgan fingerprint density at radius 2 is 1.68 bits per heavy atom. The van der Waals surface area contributed by atoms with Gasteiger partial charge in [-0.3, -0.25) is 0 Å². The maximum Gasteiger partial charge on any atom is 0.372 e. The van der Waals surface area contributed by atoms with Gasteiger partial charge in [-0.2, -0.15) is 0 Å². The highest BCUT2D eigenvalue weighted by molar-refractivity contribution is 5.86. The van der Waals surface area contributed by atoms with Crippen LogP contribution >= 0.6 is 0 Å². The van der Waals surface area contributed by atoms with Crippen LogP contribution in [0, 0.1) is 16.7 Å². The van der Waals surface area contributed by atoms with E-state index in [0.717, 1.165) is 19.3 Å². The van der Waals surface area contributed by atoms with Crippen LogP contribution in [0.3, 0.4) is 0 Å². The average Bonchev–Trinajstić information content (AvgIpc) is 3.11. The maximum atomic E-state index is 11.3. The maximum absolute atomic E-state index is 11.3. The zero-order valence-corrected chi connectivity index (χ0v) is 21.4. The number of carbonyl (C=O) groups excluding carboxylic acids is 3. The number of esters is 3. The van der Waals surface area contributed by atoms with E-state index in [4.69, 9.17) is 14.9 Å². The monoisotopic (exact) mass is 482 g/mol. The molecule has 194 valence electrons. The molecule has 3 unspecified atom stereocenters. The number of ether oxygens (including phenoxy) is 3. The third-order valence-corrected chi connectivity index (χ3v) is 6.78. The first-order chi connectivity index (χ1) is 15.8. The van der Waals surface area contributed by atoms with Gasteiger partial charge in [-0.1, -0.05) is 47.3 Å². The fourth-order valence-corrected chi connectivity index (χ4v) is 4.15. The minimum absolute atomic E-state index is 0.0473. The lowest BCUT2D eigenvalue weighted by Gasteiger charge is -2.38. The molecule has 2 N–H and O–H groups in total. The van der Waals surface area contributed by atoms with Crippen LogP contribution in [-0.2, 0) is 28.6 Å². The molecule has 0 spiro atoms. The molecule has 0 saturated heterocycles. The van der Waals surface area contributed by atoms with E-state index in [1.165, 1.54) is 18.9 Å². The molecule has 3 atom stereocenters. The van der Waals surface area contributed by atoms with Crippen molar-refractivity contribution in [2.45, 2.75) is 72.8 Å². The summed E-state index contributed by atoms with van der Waals surface area (Å²) in [5, 5.41) is 16.6. The Balaban J connectivity index is 0.000000507. The summed E-state index contributed by atoms with van der Waals surface area (Å²) in [4.78, 5) is 32.2. The Morgan fingerprint density at radius 3 is 2.06 bits per heavy atom. The van der Waals surface area contributed by atoms with Crippen LogP contribution in [0.1, 0.15) is 66.7 Å². The SMILES string of the molecule is C=C(C)C(=O)OCCO.C=C(O)C(=O)OCCCC.C=CC(=O)OC1CC2CCC1(C)C2(C)C. The molecule has 0 amide bonds. The molecule has 34 heavy (non-hydrogen) atoms. The number of carbonyl (C=O) groups is 3. The van der Waals surface area contributed by atoms with E-state index < -0.39 is 17.7 Å². The Labute approximate surface area is 203 Å². The fraction of sp³-hybridized carbons (Fsp3) is 0.654. The summed E-state index contributed by atoms with van der Waals surface area (Å²) < 4.78 is 14.5. The predicted octanol–water partition coefficient (Wildman–Crippen LogP) is 4.43. The Morgan fingerprint density at radius 1 is 1.09 bits per heavy atom. The van der Waals surface area contributed by atoms with Crippen molar-refractivity contribution >= 4 is 17.9 Å². The summed E-state index contributed by atoms with van der Waals surface area (Å²) in [5.41, 5.74) is 0.818. The van der Waals surface area contributed by atoms with Crippen molar-refractivity contribution in [2.24, 2.45) is 16.7 Å². The van der Waals surface area contributed by atoms with E-state index in [1.807, 2.05) is 6.92 Å². The Hall–Kier alpha value is -2.61. The molecule has 0 radical (unpaired) electrons. The molecular weight excluding hydrogens is 440 g/mol. The van der Waals surface area contributed by atoms with Crippen molar-refractivity contribution in [3.8, 4) is 0 Å². The van der Waals surface area contributed by atoms with Gasteiger partial charge in [0.05, 0.1) is 13.2 Å². The summed E-state index contributed by atoms with van der Waals surface area (Å²) in [5.74, 6) is -1.27. The topological polar surface area (TPSA) is 119 Å². The molecule has 0 heterocycles. The number of rotatable bonds is 9. The van der Waals surface area contributed by atoms with Gasteiger partial charge in [-0.05, 0) is 50.5 Å². The molecule has 2 rings (SSSR count). The van der Waals surface area contributed by atoms with E-state index in [0.29, 0.717) is 23.5 Å². The molecule has 0 aromatic rings. The zero-order chi connectivity index (χ0) is 26.5. The summed E-state index contributed by atoms with van der Waals surface area (Å²) in [7, 11) is 0. The molecule has 2 saturated carbocycles. The van der Waals surface area contributed by atoms with Crippen LogP contribution in [0.4, 0.5) is 0 Å². The van der Waals surface area contributed by atoms with E-state index in [-0.39, 0.29) is 30.7 Å². The van der Waals surface area contributed by atoms with Gasteiger partial charge in [0.2, 0.25) is 0 Å². The van der Waals surface area contributed by atoms with Crippen molar-refractivity contribution in [3.05, 3.63) is 37.1 Å². The molecule has 2 fully saturated rings. The van der Waals surface area contributed by atoms with Gasteiger partial charge in [-0.15, -0.1) is 0 Å². The van der Waals surface area contributed by atoms with Crippen LogP contribution in [0.25, 0.3) is 0 Å².